The van der Waals surface area contributed by atoms with E-state index in [4.69, 9.17) is 4.74 Å². The zero-order valence-corrected chi connectivity index (χ0v) is 11.0. The molecule has 2 aromatic rings. The van der Waals surface area contributed by atoms with Crippen molar-refractivity contribution in [1.82, 2.24) is 9.97 Å². The number of rotatable bonds is 4. The summed E-state index contributed by atoms with van der Waals surface area (Å²) in [6, 6.07) is 3.26. The minimum Gasteiger partial charge on any atom is -0.424 e. The summed E-state index contributed by atoms with van der Waals surface area (Å²) in [5.41, 5.74) is 0.255. The van der Waals surface area contributed by atoms with E-state index in [2.05, 4.69) is 25.9 Å². The van der Waals surface area contributed by atoms with Crippen LogP contribution in [-0.4, -0.2) is 14.9 Å². The Hall–Kier alpha value is -2.09. The maximum absolute atomic E-state index is 13.4. The van der Waals surface area contributed by atoms with Crippen LogP contribution in [0, 0.1) is 15.9 Å². The molecule has 0 unspecified atom stereocenters. The van der Waals surface area contributed by atoms with Gasteiger partial charge in [0.25, 0.3) is 0 Å². The lowest BCUT2D eigenvalue weighted by Gasteiger charge is -2.04. The van der Waals surface area contributed by atoms with E-state index in [9.17, 15) is 14.5 Å². The number of nitro groups is 1. The number of hydrogen-bond acceptors (Lipinski definition) is 5. The predicted molar refractivity (Wildman–Crippen MR) is 67.8 cm³/mol. The van der Waals surface area contributed by atoms with Crippen molar-refractivity contribution < 1.29 is 14.1 Å². The highest BCUT2D eigenvalue weighted by atomic mass is 79.9. The van der Waals surface area contributed by atoms with E-state index in [1.54, 1.807) is 12.4 Å². The molecule has 1 aromatic heterocycles. The monoisotopic (exact) mass is 327 g/mol. The van der Waals surface area contributed by atoms with Gasteiger partial charge in [-0.25, -0.2) is 9.97 Å². The average molecular weight is 328 g/mol. The molecule has 1 aromatic carbocycles. The van der Waals surface area contributed by atoms with E-state index in [1.165, 1.54) is 6.07 Å². The van der Waals surface area contributed by atoms with Crippen molar-refractivity contribution in [3.63, 3.8) is 0 Å². The summed E-state index contributed by atoms with van der Waals surface area (Å²) in [5, 5.41) is 11.1. The van der Waals surface area contributed by atoms with Crippen LogP contribution in [0.4, 0.5) is 10.1 Å². The molecule has 0 aliphatic carbocycles. The minimum atomic E-state index is -0.973. The Morgan fingerprint density at radius 3 is 2.58 bits per heavy atom. The Morgan fingerprint density at radius 2 is 2.05 bits per heavy atom. The van der Waals surface area contributed by atoms with Crippen LogP contribution in [0.2, 0.25) is 0 Å². The zero-order valence-electron chi connectivity index (χ0n) is 9.42. The summed E-state index contributed by atoms with van der Waals surface area (Å²) in [6.45, 7) is 0. The smallest absolute Gasteiger partial charge is 0.321 e. The van der Waals surface area contributed by atoms with Gasteiger partial charge in [0, 0.05) is 29.9 Å². The van der Waals surface area contributed by atoms with E-state index in [-0.39, 0.29) is 11.8 Å². The lowest BCUT2D eigenvalue weighted by Crippen LogP contribution is -1.95. The molecular weight excluding hydrogens is 321 g/mol. The second-order valence-electron chi connectivity index (χ2n) is 3.48. The summed E-state index contributed by atoms with van der Waals surface area (Å²) >= 11 is 3.25. The number of nitrogens with zero attached hydrogens (tertiary/aromatic N) is 3. The van der Waals surface area contributed by atoms with Gasteiger partial charge in [0.1, 0.15) is 5.75 Å². The Labute approximate surface area is 115 Å². The summed E-state index contributed by atoms with van der Waals surface area (Å²) < 4.78 is 18.5. The Balaban J connectivity index is 2.18. The number of halogens is 2. The third-order valence-corrected chi connectivity index (χ3v) is 2.81. The molecular formula is C11H7BrFN3O3. The molecule has 0 radical (unpaired) electrons. The van der Waals surface area contributed by atoms with Crippen LogP contribution in [0.3, 0.4) is 0 Å². The lowest BCUT2D eigenvalue weighted by molar-refractivity contribution is -0.387. The third kappa shape index (κ3) is 3.22. The molecule has 0 saturated carbocycles. The van der Waals surface area contributed by atoms with Gasteiger partial charge in [0.2, 0.25) is 5.82 Å². The van der Waals surface area contributed by atoms with Crippen molar-refractivity contribution in [2.75, 3.05) is 0 Å². The fourth-order valence-corrected chi connectivity index (χ4v) is 1.56. The Kier molecular flexibility index (Phi) is 4.00. The lowest BCUT2D eigenvalue weighted by atomic mass is 10.3. The molecule has 0 aliphatic rings. The first-order valence-electron chi connectivity index (χ1n) is 5.09. The second kappa shape index (κ2) is 5.70. The number of hydrogen-bond donors (Lipinski definition) is 0. The normalized spacial score (nSPS) is 10.2. The number of nitro benzene ring substituents is 1. The quantitative estimate of drug-likeness (QED) is 0.489. The Bertz CT molecular complexity index is 607. The van der Waals surface area contributed by atoms with E-state index in [0.717, 1.165) is 17.7 Å². The summed E-state index contributed by atoms with van der Waals surface area (Å²) in [5.74, 6) is -0.880. The summed E-state index contributed by atoms with van der Waals surface area (Å²) in [7, 11) is 0. The fourth-order valence-electron chi connectivity index (χ4n) is 1.27. The van der Waals surface area contributed by atoms with Crippen LogP contribution in [0.5, 0.6) is 11.8 Å². The van der Waals surface area contributed by atoms with E-state index < -0.39 is 16.4 Å². The van der Waals surface area contributed by atoms with E-state index in [0.29, 0.717) is 5.33 Å². The molecule has 0 N–H and O–H groups in total. The van der Waals surface area contributed by atoms with Crippen molar-refractivity contribution in [3.05, 3.63) is 52.1 Å². The van der Waals surface area contributed by atoms with Crippen molar-refractivity contribution in [2.24, 2.45) is 0 Å². The van der Waals surface area contributed by atoms with Gasteiger partial charge in [-0.15, -0.1) is 0 Å². The maximum atomic E-state index is 13.4. The molecule has 0 bridgehead atoms. The number of aromatic nitrogens is 2. The fraction of sp³-hybridized carbons (Fsp3) is 0.0909. The number of benzene rings is 1. The van der Waals surface area contributed by atoms with Crippen LogP contribution in [-0.2, 0) is 5.33 Å². The molecule has 8 heteroatoms. The largest absolute Gasteiger partial charge is 0.424 e. The van der Waals surface area contributed by atoms with Gasteiger partial charge in [0.05, 0.1) is 4.92 Å². The molecule has 2 rings (SSSR count). The van der Waals surface area contributed by atoms with Gasteiger partial charge in [-0.2, -0.15) is 4.39 Å². The first-order chi connectivity index (χ1) is 9.10. The maximum Gasteiger partial charge on any atom is 0.321 e. The van der Waals surface area contributed by atoms with Gasteiger partial charge >= 0.3 is 11.7 Å². The van der Waals surface area contributed by atoms with Crippen molar-refractivity contribution in [2.45, 2.75) is 5.33 Å². The van der Waals surface area contributed by atoms with Crippen molar-refractivity contribution >= 4 is 21.6 Å². The van der Waals surface area contributed by atoms with Crippen LogP contribution in [0.15, 0.2) is 30.6 Å². The van der Waals surface area contributed by atoms with Crippen LogP contribution < -0.4 is 4.74 Å². The SMILES string of the molecule is O=[N+]([O-])c1ccc(Oc2ncc(CBr)cn2)cc1F. The van der Waals surface area contributed by atoms with Gasteiger partial charge in [0.15, 0.2) is 0 Å². The highest BCUT2D eigenvalue weighted by Gasteiger charge is 2.14. The molecule has 98 valence electrons. The average Bonchev–Trinajstić information content (AvgIpc) is 2.39. The van der Waals surface area contributed by atoms with E-state index >= 15 is 0 Å². The predicted octanol–water partition coefficient (Wildman–Crippen LogP) is 3.21. The first-order valence-corrected chi connectivity index (χ1v) is 6.21. The van der Waals surface area contributed by atoms with Crippen molar-refractivity contribution in [1.29, 1.82) is 0 Å². The minimum absolute atomic E-state index is 0.0398. The molecule has 1 heterocycles. The summed E-state index contributed by atoms with van der Waals surface area (Å²) in [6.07, 6.45) is 3.11. The first kappa shape index (κ1) is 13.3. The highest BCUT2D eigenvalue weighted by molar-refractivity contribution is 9.08. The molecule has 6 nitrogen and oxygen atoms in total. The van der Waals surface area contributed by atoms with E-state index in [1.807, 2.05) is 0 Å². The van der Waals surface area contributed by atoms with Gasteiger partial charge in [-0.1, -0.05) is 15.9 Å². The standard InChI is InChI=1S/C11H7BrFN3O3/c12-4-7-5-14-11(15-6-7)19-8-1-2-10(16(17)18)9(13)3-8/h1-3,5-6H,4H2. The molecule has 0 fully saturated rings. The van der Waals surface area contributed by atoms with Crippen LogP contribution in [0.1, 0.15) is 5.56 Å². The highest BCUT2D eigenvalue weighted by Crippen LogP contribution is 2.24. The molecule has 0 amide bonds. The molecule has 0 aliphatic heterocycles. The van der Waals surface area contributed by atoms with Gasteiger partial charge in [-0.05, 0) is 11.6 Å². The molecule has 19 heavy (non-hydrogen) atoms. The number of ether oxygens (including phenoxy) is 1. The molecule has 0 spiro atoms. The number of alkyl halides is 1. The molecule has 0 atom stereocenters. The molecule has 0 saturated heterocycles. The zero-order chi connectivity index (χ0) is 13.8. The van der Waals surface area contributed by atoms with Gasteiger partial charge in [-0.3, -0.25) is 10.1 Å². The third-order valence-electron chi connectivity index (χ3n) is 2.16. The topological polar surface area (TPSA) is 78.2 Å². The van der Waals surface area contributed by atoms with Crippen LogP contribution >= 0.6 is 15.9 Å². The Morgan fingerprint density at radius 1 is 1.37 bits per heavy atom. The van der Waals surface area contributed by atoms with Gasteiger partial charge < -0.3 is 4.74 Å². The summed E-state index contributed by atoms with van der Waals surface area (Å²) in [4.78, 5) is 17.5. The van der Waals surface area contributed by atoms with Crippen LogP contribution in [0.25, 0.3) is 0 Å². The van der Waals surface area contributed by atoms with Crippen molar-refractivity contribution in [3.8, 4) is 11.8 Å². The second-order valence-corrected chi connectivity index (χ2v) is 4.04.